The van der Waals surface area contributed by atoms with E-state index in [2.05, 4.69) is 0 Å². The van der Waals surface area contributed by atoms with Crippen LogP contribution in [-0.2, 0) is 19.2 Å². The number of carboxylic acids is 4. The molecule has 0 aromatic rings. The Balaban J connectivity index is 5.45. The number of aliphatic carboxylic acids is 4. The Hall–Kier alpha value is -2.12. The third-order valence-corrected chi connectivity index (χ3v) is 3.18. The summed E-state index contributed by atoms with van der Waals surface area (Å²) in [7, 11) is 0. The number of hydrogen-bond acceptors (Lipinski definition) is 4. The van der Waals surface area contributed by atoms with Crippen LogP contribution < -0.4 is 0 Å². The van der Waals surface area contributed by atoms with E-state index in [-0.39, 0.29) is 12.8 Å². The van der Waals surface area contributed by atoms with Gasteiger partial charge in [0.25, 0.3) is 5.41 Å². The molecule has 0 heterocycles. The molecule has 0 aromatic heterocycles. The lowest BCUT2D eigenvalue weighted by Crippen LogP contribution is -2.54. The summed E-state index contributed by atoms with van der Waals surface area (Å²) >= 11 is 0. The number of unbranched alkanes of at least 4 members (excludes halogenated alkanes) is 3. The van der Waals surface area contributed by atoms with Crippen molar-refractivity contribution in [3.8, 4) is 0 Å². The lowest BCUT2D eigenvalue weighted by atomic mass is 9.72. The average molecular weight is 290 g/mol. The molecule has 0 bridgehead atoms. The van der Waals surface area contributed by atoms with Crippen LogP contribution in [-0.4, -0.2) is 44.3 Å². The summed E-state index contributed by atoms with van der Waals surface area (Å²) in [6.07, 6.45) is 2.13. The summed E-state index contributed by atoms with van der Waals surface area (Å²) in [4.78, 5) is 44.5. The van der Waals surface area contributed by atoms with Gasteiger partial charge in [0.2, 0.25) is 0 Å². The second kappa shape index (κ2) is 7.46. The Kier molecular flexibility index (Phi) is 6.67. The van der Waals surface area contributed by atoms with Gasteiger partial charge in [-0.25, -0.2) is 0 Å². The van der Waals surface area contributed by atoms with Crippen molar-refractivity contribution >= 4 is 23.9 Å². The van der Waals surface area contributed by atoms with Crippen molar-refractivity contribution < 1.29 is 39.6 Å². The van der Waals surface area contributed by atoms with Crippen molar-refractivity contribution in [1.29, 1.82) is 0 Å². The van der Waals surface area contributed by atoms with Crippen molar-refractivity contribution in [2.75, 3.05) is 0 Å². The maximum atomic E-state index is 11.1. The molecule has 0 aliphatic rings. The minimum Gasteiger partial charge on any atom is -0.481 e. The minimum atomic E-state index is -3.36. The van der Waals surface area contributed by atoms with Crippen LogP contribution in [0, 0.1) is 11.3 Å². The van der Waals surface area contributed by atoms with Crippen LogP contribution >= 0.6 is 0 Å². The van der Waals surface area contributed by atoms with Gasteiger partial charge in [0.1, 0.15) is 0 Å². The van der Waals surface area contributed by atoms with Gasteiger partial charge in [0.15, 0.2) is 0 Å². The predicted molar refractivity (Wildman–Crippen MR) is 65.2 cm³/mol. The van der Waals surface area contributed by atoms with Gasteiger partial charge < -0.3 is 20.4 Å². The zero-order valence-electron chi connectivity index (χ0n) is 11.0. The first-order valence-corrected chi connectivity index (χ1v) is 6.15. The summed E-state index contributed by atoms with van der Waals surface area (Å²) in [5.74, 6) is -10.3. The Morgan fingerprint density at radius 1 is 0.850 bits per heavy atom. The van der Waals surface area contributed by atoms with Crippen LogP contribution in [0.15, 0.2) is 0 Å². The highest BCUT2D eigenvalue weighted by atomic mass is 16.4. The maximum Gasteiger partial charge on any atom is 0.333 e. The first-order valence-electron chi connectivity index (χ1n) is 6.15. The quantitative estimate of drug-likeness (QED) is 0.342. The maximum absolute atomic E-state index is 11.1. The van der Waals surface area contributed by atoms with Gasteiger partial charge >= 0.3 is 23.9 Å². The molecule has 1 atom stereocenters. The number of hydrogen-bond donors (Lipinski definition) is 4. The zero-order valence-corrected chi connectivity index (χ0v) is 11.0. The molecular weight excluding hydrogens is 272 g/mol. The number of carbonyl (C=O) groups is 4. The summed E-state index contributed by atoms with van der Waals surface area (Å²) < 4.78 is 0. The molecule has 20 heavy (non-hydrogen) atoms. The van der Waals surface area contributed by atoms with E-state index in [1.54, 1.807) is 0 Å². The molecule has 1 unspecified atom stereocenters. The van der Waals surface area contributed by atoms with Crippen molar-refractivity contribution in [3.05, 3.63) is 0 Å². The molecule has 0 amide bonds. The molecule has 0 fully saturated rings. The minimum absolute atomic E-state index is 0.250. The molecular formula is C12H18O8. The Labute approximate surface area is 115 Å². The molecule has 0 aliphatic heterocycles. The van der Waals surface area contributed by atoms with Crippen LogP contribution in [0.2, 0.25) is 0 Å². The number of carboxylic acid groups (broad SMARTS) is 4. The lowest BCUT2D eigenvalue weighted by Gasteiger charge is -2.26. The van der Waals surface area contributed by atoms with E-state index < -0.39 is 35.2 Å². The molecule has 114 valence electrons. The molecule has 0 saturated heterocycles. The van der Waals surface area contributed by atoms with Crippen molar-refractivity contribution in [2.45, 2.75) is 39.0 Å². The van der Waals surface area contributed by atoms with E-state index >= 15 is 0 Å². The van der Waals surface area contributed by atoms with Gasteiger partial charge in [-0.1, -0.05) is 32.6 Å². The third kappa shape index (κ3) is 3.46. The van der Waals surface area contributed by atoms with Gasteiger partial charge in [0, 0.05) is 0 Å². The first-order chi connectivity index (χ1) is 9.22. The van der Waals surface area contributed by atoms with Crippen LogP contribution in [0.5, 0.6) is 0 Å². The van der Waals surface area contributed by atoms with Gasteiger partial charge in [-0.05, 0) is 6.42 Å². The van der Waals surface area contributed by atoms with Gasteiger partial charge in [-0.15, -0.1) is 0 Å². The highest BCUT2D eigenvalue weighted by molar-refractivity contribution is 6.18. The Bertz CT molecular complexity index is 364. The highest BCUT2D eigenvalue weighted by Crippen LogP contribution is 2.34. The molecule has 0 spiro atoms. The van der Waals surface area contributed by atoms with E-state index in [0.29, 0.717) is 6.42 Å². The van der Waals surface area contributed by atoms with Crippen molar-refractivity contribution in [2.24, 2.45) is 11.3 Å². The SMILES string of the molecule is CCCCCCC(C(=O)O)C(C(=O)O)(C(=O)O)C(=O)O. The fourth-order valence-corrected chi connectivity index (χ4v) is 2.02. The Morgan fingerprint density at radius 3 is 1.60 bits per heavy atom. The van der Waals surface area contributed by atoms with Gasteiger partial charge in [-0.3, -0.25) is 19.2 Å². The van der Waals surface area contributed by atoms with E-state index in [9.17, 15) is 19.2 Å². The van der Waals surface area contributed by atoms with Crippen molar-refractivity contribution in [1.82, 2.24) is 0 Å². The fourth-order valence-electron chi connectivity index (χ4n) is 2.02. The number of rotatable bonds is 10. The lowest BCUT2D eigenvalue weighted by molar-refractivity contribution is -0.186. The van der Waals surface area contributed by atoms with Crippen LogP contribution in [0.4, 0.5) is 0 Å². The third-order valence-electron chi connectivity index (χ3n) is 3.18. The first kappa shape index (κ1) is 17.9. The van der Waals surface area contributed by atoms with Crippen molar-refractivity contribution in [3.63, 3.8) is 0 Å². The summed E-state index contributed by atoms with van der Waals surface area (Å²) in [6.45, 7) is 1.91. The average Bonchev–Trinajstić information content (AvgIpc) is 2.31. The van der Waals surface area contributed by atoms with E-state index in [4.69, 9.17) is 20.4 Å². The van der Waals surface area contributed by atoms with Gasteiger partial charge in [-0.2, -0.15) is 0 Å². The second-order valence-electron chi connectivity index (χ2n) is 4.46. The molecule has 8 heteroatoms. The molecule has 0 radical (unpaired) electrons. The second-order valence-corrected chi connectivity index (χ2v) is 4.46. The van der Waals surface area contributed by atoms with E-state index in [0.717, 1.165) is 12.8 Å². The predicted octanol–water partition coefficient (Wildman–Crippen LogP) is 0.898. The van der Waals surface area contributed by atoms with Crippen LogP contribution in [0.1, 0.15) is 39.0 Å². The molecule has 4 N–H and O–H groups in total. The highest BCUT2D eigenvalue weighted by Gasteiger charge is 2.62. The Morgan fingerprint density at radius 2 is 1.30 bits per heavy atom. The standard InChI is InChI=1S/C12H18O8/c1-2-3-4-5-6-7(8(13)14)12(9(15)16,10(17)18)11(19)20/h7H,2-6H2,1H3,(H,13,14)(H,15,16)(H,17,18)(H,19,20). The normalized spacial score (nSPS) is 12.7. The van der Waals surface area contributed by atoms with Crippen LogP contribution in [0.3, 0.4) is 0 Å². The molecule has 8 nitrogen and oxygen atoms in total. The monoisotopic (exact) mass is 290 g/mol. The summed E-state index contributed by atoms with van der Waals surface area (Å²) in [6, 6.07) is 0. The van der Waals surface area contributed by atoms with E-state index in [1.165, 1.54) is 0 Å². The summed E-state index contributed by atoms with van der Waals surface area (Å²) in [5, 5.41) is 35.9. The fraction of sp³-hybridized carbons (Fsp3) is 0.667. The molecule has 0 aromatic carbocycles. The van der Waals surface area contributed by atoms with E-state index in [1.807, 2.05) is 6.92 Å². The molecule has 0 aliphatic carbocycles. The van der Waals surface area contributed by atoms with Crippen LogP contribution in [0.25, 0.3) is 0 Å². The molecule has 0 saturated carbocycles. The summed E-state index contributed by atoms with van der Waals surface area (Å²) in [5.41, 5.74) is -3.36. The van der Waals surface area contributed by atoms with Gasteiger partial charge in [0.05, 0.1) is 5.92 Å². The zero-order chi connectivity index (χ0) is 15.9. The topological polar surface area (TPSA) is 149 Å². The smallest absolute Gasteiger partial charge is 0.333 e. The largest absolute Gasteiger partial charge is 0.481 e. The molecule has 0 rings (SSSR count).